The van der Waals surface area contributed by atoms with Crippen molar-refractivity contribution in [3.05, 3.63) is 33.9 Å². The molecule has 0 aliphatic rings. The molecule has 0 aromatic heterocycles. The van der Waals surface area contributed by atoms with Gasteiger partial charge in [0, 0.05) is 20.2 Å². The van der Waals surface area contributed by atoms with Crippen molar-refractivity contribution in [1.82, 2.24) is 9.80 Å². The molecule has 0 aliphatic heterocycles. The van der Waals surface area contributed by atoms with E-state index < -0.39 is 10.8 Å². The van der Waals surface area contributed by atoms with Crippen LogP contribution in [0.5, 0.6) is 0 Å². The van der Waals surface area contributed by atoms with Gasteiger partial charge in [0.1, 0.15) is 5.69 Å². The summed E-state index contributed by atoms with van der Waals surface area (Å²) in [7, 11) is 4.90. The van der Waals surface area contributed by atoms with E-state index in [0.29, 0.717) is 5.56 Å². The number of aryl methyl sites for hydroxylation is 1. The normalized spacial score (nSPS) is 10.4. The zero-order chi connectivity index (χ0) is 16.9. The molecule has 22 heavy (non-hydrogen) atoms. The third kappa shape index (κ3) is 4.81. The summed E-state index contributed by atoms with van der Waals surface area (Å²) in [5.41, 5.74) is 0.639. The molecule has 1 rings (SSSR count). The standard InChI is InChI=1S/C14H20N4O4/c1-10-6-5-7-11(18(21)22)14(10)15-12(19)8-17(4)9-13(20)16(2)3/h5-7H,8-9H2,1-4H3,(H,15,19). The minimum atomic E-state index is -0.540. The largest absolute Gasteiger partial charge is 0.348 e. The van der Waals surface area contributed by atoms with E-state index in [1.54, 1.807) is 45.1 Å². The quantitative estimate of drug-likeness (QED) is 0.621. The lowest BCUT2D eigenvalue weighted by molar-refractivity contribution is -0.384. The van der Waals surface area contributed by atoms with Crippen LogP contribution in [0.1, 0.15) is 5.56 Å². The van der Waals surface area contributed by atoms with E-state index in [1.807, 2.05) is 0 Å². The highest BCUT2D eigenvalue weighted by molar-refractivity contribution is 5.95. The molecule has 0 fully saturated rings. The molecule has 120 valence electrons. The summed E-state index contributed by atoms with van der Waals surface area (Å²) in [4.78, 5) is 37.0. The van der Waals surface area contributed by atoms with Gasteiger partial charge in [-0.1, -0.05) is 12.1 Å². The SMILES string of the molecule is Cc1cccc([N+](=O)[O-])c1NC(=O)CN(C)CC(=O)N(C)C. The van der Waals surface area contributed by atoms with Crippen LogP contribution in [-0.2, 0) is 9.59 Å². The number of hydrogen-bond acceptors (Lipinski definition) is 5. The molecule has 8 heteroatoms. The lowest BCUT2D eigenvalue weighted by Gasteiger charge is -2.18. The molecule has 0 unspecified atom stereocenters. The first kappa shape index (κ1) is 17.6. The first-order valence-corrected chi connectivity index (χ1v) is 6.65. The van der Waals surface area contributed by atoms with Gasteiger partial charge in [0.05, 0.1) is 18.0 Å². The van der Waals surface area contributed by atoms with Crippen molar-refractivity contribution in [1.29, 1.82) is 0 Å². The molecule has 0 spiro atoms. The smallest absolute Gasteiger partial charge is 0.293 e. The van der Waals surface area contributed by atoms with Gasteiger partial charge in [-0.05, 0) is 19.5 Å². The second kappa shape index (κ2) is 7.51. The highest BCUT2D eigenvalue weighted by Crippen LogP contribution is 2.27. The molecule has 0 heterocycles. The van der Waals surface area contributed by atoms with Gasteiger partial charge in [-0.2, -0.15) is 0 Å². The van der Waals surface area contributed by atoms with E-state index in [-0.39, 0.29) is 30.4 Å². The number of likely N-dealkylation sites (N-methyl/N-ethyl adjacent to an activating group) is 2. The molecule has 1 N–H and O–H groups in total. The van der Waals surface area contributed by atoms with Crippen molar-refractivity contribution in [3.8, 4) is 0 Å². The maximum absolute atomic E-state index is 12.0. The molecule has 0 saturated carbocycles. The number of hydrogen-bond donors (Lipinski definition) is 1. The van der Waals surface area contributed by atoms with E-state index in [2.05, 4.69) is 5.32 Å². The number of carbonyl (C=O) groups excluding carboxylic acids is 2. The Bertz CT molecular complexity index is 586. The minimum absolute atomic E-state index is 0.0366. The molecule has 2 amide bonds. The number of rotatable bonds is 6. The highest BCUT2D eigenvalue weighted by Gasteiger charge is 2.19. The van der Waals surface area contributed by atoms with Gasteiger partial charge in [-0.25, -0.2) is 0 Å². The van der Waals surface area contributed by atoms with E-state index in [4.69, 9.17) is 0 Å². The van der Waals surface area contributed by atoms with Crippen molar-refractivity contribution in [2.75, 3.05) is 39.5 Å². The van der Waals surface area contributed by atoms with Gasteiger partial charge < -0.3 is 10.2 Å². The van der Waals surface area contributed by atoms with Crippen molar-refractivity contribution in [2.24, 2.45) is 0 Å². The maximum atomic E-state index is 12.0. The summed E-state index contributed by atoms with van der Waals surface area (Å²) in [6.07, 6.45) is 0. The lowest BCUT2D eigenvalue weighted by atomic mass is 10.1. The highest BCUT2D eigenvalue weighted by atomic mass is 16.6. The third-order valence-electron chi connectivity index (χ3n) is 3.03. The van der Waals surface area contributed by atoms with Crippen LogP contribution in [-0.4, -0.2) is 60.8 Å². The average molecular weight is 308 g/mol. The second-order valence-corrected chi connectivity index (χ2v) is 5.23. The summed E-state index contributed by atoms with van der Waals surface area (Å²) in [5.74, 6) is -0.538. The van der Waals surface area contributed by atoms with E-state index >= 15 is 0 Å². The topological polar surface area (TPSA) is 95.8 Å². The predicted octanol–water partition coefficient (Wildman–Crippen LogP) is 0.862. The molecule has 0 radical (unpaired) electrons. The van der Waals surface area contributed by atoms with Crippen molar-refractivity contribution < 1.29 is 14.5 Å². The number of benzene rings is 1. The number of nitro benzene ring substituents is 1. The number of amides is 2. The third-order valence-corrected chi connectivity index (χ3v) is 3.03. The Kier molecular flexibility index (Phi) is 6.00. The Labute approximate surface area is 128 Å². The summed E-state index contributed by atoms with van der Waals surface area (Å²) in [6, 6.07) is 4.58. The summed E-state index contributed by atoms with van der Waals surface area (Å²) in [6.45, 7) is 1.74. The fraction of sp³-hybridized carbons (Fsp3) is 0.429. The molecular weight excluding hydrogens is 288 g/mol. The summed E-state index contributed by atoms with van der Waals surface area (Å²) in [5, 5.41) is 13.5. The van der Waals surface area contributed by atoms with E-state index in [9.17, 15) is 19.7 Å². The van der Waals surface area contributed by atoms with Gasteiger partial charge in [0.2, 0.25) is 11.8 Å². The van der Waals surface area contributed by atoms with E-state index in [0.717, 1.165) is 0 Å². The molecule has 1 aromatic rings. The first-order valence-electron chi connectivity index (χ1n) is 6.65. The van der Waals surface area contributed by atoms with Gasteiger partial charge in [-0.3, -0.25) is 24.6 Å². The number of nitrogens with zero attached hydrogens (tertiary/aromatic N) is 3. The summed E-state index contributed by atoms with van der Waals surface area (Å²) < 4.78 is 0. The van der Waals surface area contributed by atoms with Crippen LogP contribution in [0.25, 0.3) is 0 Å². The van der Waals surface area contributed by atoms with Crippen LogP contribution in [0, 0.1) is 17.0 Å². The first-order chi connectivity index (χ1) is 10.2. The van der Waals surface area contributed by atoms with Crippen LogP contribution >= 0.6 is 0 Å². The van der Waals surface area contributed by atoms with Gasteiger partial charge in [0.15, 0.2) is 0 Å². The average Bonchev–Trinajstić information content (AvgIpc) is 2.40. The number of anilines is 1. The Balaban J connectivity index is 2.74. The van der Waals surface area contributed by atoms with Crippen molar-refractivity contribution in [3.63, 3.8) is 0 Å². The molecule has 8 nitrogen and oxygen atoms in total. The number of para-hydroxylation sites is 1. The van der Waals surface area contributed by atoms with Crippen LogP contribution in [0.4, 0.5) is 11.4 Å². The molecule has 1 aromatic carbocycles. The molecule has 0 aliphatic carbocycles. The number of nitrogens with one attached hydrogen (secondary N) is 1. The Morgan fingerprint density at radius 3 is 2.41 bits per heavy atom. The number of carbonyl (C=O) groups is 2. The number of nitro groups is 1. The Morgan fingerprint density at radius 2 is 1.86 bits per heavy atom. The van der Waals surface area contributed by atoms with Crippen LogP contribution in [0.3, 0.4) is 0 Å². The van der Waals surface area contributed by atoms with Crippen LogP contribution < -0.4 is 5.32 Å². The van der Waals surface area contributed by atoms with Crippen molar-refractivity contribution in [2.45, 2.75) is 6.92 Å². The van der Waals surface area contributed by atoms with Gasteiger partial charge in [0.25, 0.3) is 5.69 Å². The molecule has 0 bridgehead atoms. The second-order valence-electron chi connectivity index (χ2n) is 5.23. The Hall–Kier alpha value is -2.48. The maximum Gasteiger partial charge on any atom is 0.293 e. The van der Waals surface area contributed by atoms with Crippen LogP contribution in [0.15, 0.2) is 18.2 Å². The zero-order valence-corrected chi connectivity index (χ0v) is 13.1. The zero-order valence-electron chi connectivity index (χ0n) is 13.1. The minimum Gasteiger partial charge on any atom is -0.348 e. The fourth-order valence-electron chi connectivity index (χ4n) is 1.82. The van der Waals surface area contributed by atoms with Gasteiger partial charge >= 0.3 is 0 Å². The summed E-state index contributed by atoms with van der Waals surface area (Å²) >= 11 is 0. The predicted molar refractivity (Wildman–Crippen MR) is 82.7 cm³/mol. The van der Waals surface area contributed by atoms with Gasteiger partial charge in [-0.15, -0.1) is 0 Å². The molecular formula is C14H20N4O4. The molecule has 0 atom stereocenters. The van der Waals surface area contributed by atoms with E-state index in [1.165, 1.54) is 11.0 Å². The van der Waals surface area contributed by atoms with Crippen LogP contribution in [0.2, 0.25) is 0 Å². The molecule has 0 saturated heterocycles. The Morgan fingerprint density at radius 1 is 1.23 bits per heavy atom. The monoisotopic (exact) mass is 308 g/mol. The lowest BCUT2D eigenvalue weighted by Crippen LogP contribution is -2.38. The van der Waals surface area contributed by atoms with Crippen molar-refractivity contribution >= 4 is 23.2 Å². The fourth-order valence-corrected chi connectivity index (χ4v) is 1.82.